The number of amides is 1. The Morgan fingerprint density at radius 3 is 2.42 bits per heavy atom. The molecule has 164 valence electrons. The van der Waals surface area contributed by atoms with Gasteiger partial charge < -0.3 is 20.9 Å². The van der Waals surface area contributed by atoms with E-state index in [1.54, 1.807) is 31.2 Å². The van der Waals surface area contributed by atoms with Gasteiger partial charge in [0, 0.05) is 11.8 Å². The lowest BCUT2D eigenvalue weighted by Gasteiger charge is -2.16. The summed E-state index contributed by atoms with van der Waals surface area (Å²) < 4.78 is 18.6. The van der Waals surface area contributed by atoms with Gasteiger partial charge in [0.2, 0.25) is 5.91 Å². The molecule has 2 aromatic carbocycles. The summed E-state index contributed by atoms with van der Waals surface area (Å²) in [6, 6.07) is 12.0. The average Bonchev–Trinajstić information content (AvgIpc) is 2.76. The minimum absolute atomic E-state index is 0.00175. The number of halogens is 2. The van der Waals surface area contributed by atoms with Crippen LogP contribution in [0.3, 0.4) is 0 Å². The monoisotopic (exact) mass is 446 g/mol. The standard InChI is InChI=1S/C23H24ClFN2O4/c1-15(17-4-6-18(7-5-17)23(29)30)27-22(28)19(12-20(24)13-26)14-31-11-10-16-2-8-21(25)9-3-16/h2-9,12-13,15H,10-11,14,26H2,1H3,(H,27,28)(H,29,30)/b19-12+,20-13+. The van der Waals surface area contributed by atoms with Crippen LogP contribution in [-0.2, 0) is 16.0 Å². The lowest BCUT2D eigenvalue weighted by Crippen LogP contribution is -2.30. The van der Waals surface area contributed by atoms with Gasteiger partial charge in [0.1, 0.15) is 5.82 Å². The van der Waals surface area contributed by atoms with Crippen LogP contribution in [0.25, 0.3) is 0 Å². The number of rotatable bonds is 10. The highest BCUT2D eigenvalue weighted by molar-refractivity contribution is 6.31. The van der Waals surface area contributed by atoms with E-state index in [1.165, 1.54) is 36.5 Å². The molecule has 1 amide bonds. The molecule has 0 saturated carbocycles. The second kappa shape index (κ2) is 11.9. The third-order valence-corrected chi connectivity index (χ3v) is 4.71. The Kier molecular flexibility index (Phi) is 9.24. The Morgan fingerprint density at radius 1 is 1.19 bits per heavy atom. The van der Waals surface area contributed by atoms with Crippen molar-refractivity contribution in [2.75, 3.05) is 13.2 Å². The average molecular weight is 447 g/mol. The van der Waals surface area contributed by atoms with Crippen molar-refractivity contribution >= 4 is 23.5 Å². The van der Waals surface area contributed by atoms with Crippen molar-refractivity contribution in [3.8, 4) is 0 Å². The quantitative estimate of drug-likeness (QED) is 0.291. The number of nitrogens with one attached hydrogen (secondary N) is 1. The van der Waals surface area contributed by atoms with Gasteiger partial charge in [0.15, 0.2) is 0 Å². The Bertz CT molecular complexity index is 957. The summed E-state index contributed by atoms with van der Waals surface area (Å²) in [5, 5.41) is 12.0. The van der Waals surface area contributed by atoms with Crippen molar-refractivity contribution in [2.24, 2.45) is 5.73 Å². The maximum atomic E-state index is 13.0. The molecule has 0 aliphatic heterocycles. The zero-order chi connectivity index (χ0) is 22.8. The molecular weight excluding hydrogens is 423 g/mol. The van der Waals surface area contributed by atoms with Gasteiger partial charge in [-0.3, -0.25) is 4.79 Å². The normalized spacial score (nSPS) is 13.0. The van der Waals surface area contributed by atoms with E-state index in [0.717, 1.165) is 11.1 Å². The van der Waals surface area contributed by atoms with E-state index in [4.69, 9.17) is 27.2 Å². The fraction of sp³-hybridized carbons (Fsp3) is 0.217. The zero-order valence-corrected chi connectivity index (χ0v) is 17.7. The summed E-state index contributed by atoms with van der Waals surface area (Å²) in [5.41, 5.74) is 7.50. The van der Waals surface area contributed by atoms with Gasteiger partial charge in [0.05, 0.1) is 29.9 Å². The highest BCUT2D eigenvalue weighted by Crippen LogP contribution is 2.15. The van der Waals surface area contributed by atoms with Crippen molar-refractivity contribution in [1.82, 2.24) is 5.32 Å². The fourth-order valence-corrected chi connectivity index (χ4v) is 2.83. The third-order valence-electron chi connectivity index (χ3n) is 4.47. The van der Waals surface area contributed by atoms with Gasteiger partial charge in [-0.1, -0.05) is 35.9 Å². The van der Waals surface area contributed by atoms with Crippen LogP contribution in [0.4, 0.5) is 4.39 Å². The van der Waals surface area contributed by atoms with Crippen LogP contribution >= 0.6 is 11.6 Å². The number of hydrogen-bond acceptors (Lipinski definition) is 4. The zero-order valence-electron chi connectivity index (χ0n) is 17.0. The molecular formula is C23H24ClFN2O4. The van der Waals surface area contributed by atoms with Gasteiger partial charge in [-0.15, -0.1) is 0 Å². The van der Waals surface area contributed by atoms with Crippen LogP contribution in [0.2, 0.25) is 0 Å². The number of aromatic carboxylic acids is 1. The van der Waals surface area contributed by atoms with E-state index in [2.05, 4.69) is 5.32 Å². The van der Waals surface area contributed by atoms with Crippen molar-refractivity contribution in [1.29, 1.82) is 0 Å². The molecule has 0 bridgehead atoms. The Morgan fingerprint density at radius 2 is 1.84 bits per heavy atom. The number of carboxylic acid groups (broad SMARTS) is 1. The Labute approximate surface area is 185 Å². The Hall–Kier alpha value is -3.16. The van der Waals surface area contributed by atoms with Crippen LogP contribution < -0.4 is 11.1 Å². The SMILES string of the molecule is CC(NC(=O)/C(=C/C(Cl)=C\N)COCCc1ccc(F)cc1)c1ccc(C(=O)O)cc1. The molecule has 1 unspecified atom stereocenters. The first-order valence-corrected chi connectivity index (χ1v) is 9.92. The second-order valence-electron chi connectivity index (χ2n) is 6.77. The van der Waals surface area contributed by atoms with Crippen LogP contribution in [0.1, 0.15) is 34.5 Å². The first-order chi connectivity index (χ1) is 14.8. The molecule has 2 aromatic rings. The molecule has 0 radical (unpaired) electrons. The molecule has 0 aliphatic rings. The molecule has 0 saturated heterocycles. The predicted molar refractivity (Wildman–Crippen MR) is 117 cm³/mol. The molecule has 8 heteroatoms. The maximum absolute atomic E-state index is 13.0. The number of allylic oxidation sites excluding steroid dienone is 2. The summed E-state index contributed by atoms with van der Waals surface area (Å²) >= 11 is 5.96. The molecule has 2 rings (SSSR count). The molecule has 0 fully saturated rings. The van der Waals surface area contributed by atoms with Crippen LogP contribution in [0.5, 0.6) is 0 Å². The lowest BCUT2D eigenvalue weighted by molar-refractivity contribution is -0.118. The number of benzene rings is 2. The minimum Gasteiger partial charge on any atom is -0.478 e. The summed E-state index contributed by atoms with van der Waals surface area (Å²) in [6.07, 6.45) is 3.15. The summed E-state index contributed by atoms with van der Waals surface area (Å²) in [7, 11) is 0. The lowest BCUT2D eigenvalue weighted by atomic mass is 10.1. The van der Waals surface area contributed by atoms with Crippen molar-refractivity contribution in [3.05, 3.63) is 93.9 Å². The highest BCUT2D eigenvalue weighted by Gasteiger charge is 2.15. The first-order valence-electron chi connectivity index (χ1n) is 9.54. The molecule has 0 heterocycles. The molecule has 6 nitrogen and oxygen atoms in total. The van der Waals surface area contributed by atoms with Gasteiger partial charge in [-0.25, -0.2) is 9.18 Å². The summed E-state index contributed by atoms with van der Waals surface area (Å²) in [4.78, 5) is 23.7. The van der Waals surface area contributed by atoms with E-state index < -0.39 is 11.9 Å². The Balaban J connectivity index is 1.97. The number of ether oxygens (including phenoxy) is 1. The number of hydrogen-bond donors (Lipinski definition) is 3. The van der Waals surface area contributed by atoms with Gasteiger partial charge >= 0.3 is 5.97 Å². The van der Waals surface area contributed by atoms with Gasteiger partial charge in [-0.2, -0.15) is 0 Å². The van der Waals surface area contributed by atoms with Gasteiger partial charge in [-0.05, 0) is 54.8 Å². The van der Waals surface area contributed by atoms with Crippen molar-refractivity contribution < 1.29 is 23.8 Å². The highest BCUT2D eigenvalue weighted by atomic mass is 35.5. The summed E-state index contributed by atoms with van der Waals surface area (Å²) in [5.74, 6) is -1.72. The summed E-state index contributed by atoms with van der Waals surface area (Å²) in [6.45, 7) is 2.11. The largest absolute Gasteiger partial charge is 0.478 e. The van der Waals surface area contributed by atoms with Crippen LogP contribution in [-0.4, -0.2) is 30.2 Å². The van der Waals surface area contributed by atoms with Gasteiger partial charge in [0.25, 0.3) is 0 Å². The number of carboxylic acids is 1. The molecule has 0 spiro atoms. The predicted octanol–water partition coefficient (Wildman–Crippen LogP) is 3.93. The van der Waals surface area contributed by atoms with E-state index >= 15 is 0 Å². The number of carbonyl (C=O) groups excluding carboxylic acids is 1. The fourth-order valence-electron chi connectivity index (χ4n) is 2.70. The molecule has 0 aromatic heterocycles. The van der Waals surface area contributed by atoms with Crippen LogP contribution in [0, 0.1) is 5.82 Å². The molecule has 4 N–H and O–H groups in total. The van der Waals surface area contributed by atoms with Crippen molar-refractivity contribution in [3.63, 3.8) is 0 Å². The van der Waals surface area contributed by atoms with E-state index in [0.29, 0.717) is 13.0 Å². The minimum atomic E-state index is -1.02. The first kappa shape index (κ1) is 24.1. The topological polar surface area (TPSA) is 102 Å². The van der Waals surface area contributed by atoms with E-state index in [1.807, 2.05) is 0 Å². The van der Waals surface area contributed by atoms with Crippen LogP contribution in [0.15, 0.2) is 71.4 Å². The number of nitrogens with two attached hydrogens (primary N) is 1. The third kappa shape index (κ3) is 7.88. The van der Waals surface area contributed by atoms with E-state index in [9.17, 15) is 14.0 Å². The smallest absolute Gasteiger partial charge is 0.335 e. The molecule has 0 aliphatic carbocycles. The molecule has 31 heavy (non-hydrogen) atoms. The second-order valence-corrected chi connectivity index (χ2v) is 7.21. The van der Waals surface area contributed by atoms with E-state index in [-0.39, 0.29) is 34.6 Å². The number of carbonyl (C=O) groups is 2. The maximum Gasteiger partial charge on any atom is 0.335 e. The van der Waals surface area contributed by atoms with Crippen molar-refractivity contribution in [2.45, 2.75) is 19.4 Å². The molecule has 1 atom stereocenters.